The summed E-state index contributed by atoms with van der Waals surface area (Å²) in [4.78, 5) is 7.31. The van der Waals surface area contributed by atoms with Crippen LogP contribution in [0.5, 0.6) is 0 Å². The van der Waals surface area contributed by atoms with E-state index >= 15 is 0 Å². The zero-order chi connectivity index (χ0) is 21.2. The van der Waals surface area contributed by atoms with E-state index < -0.39 is 0 Å². The van der Waals surface area contributed by atoms with Crippen molar-refractivity contribution in [2.24, 2.45) is 10.9 Å². The Morgan fingerprint density at radius 2 is 1.81 bits per heavy atom. The highest BCUT2D eigenvalue weighted by atomic mass is 127. The number of nitrogens with one attached hydrogen (secondary N) is 2. The molecule has 0 aliphatic carbocycles. The summed E-state index contributed by atoms with van der Waals surface area (Å²) in [6, 6.07) is 8.92. The summed E-state index contributed by atoms with van der Waals surface area (Å²) in [6.45, 7) is 13.2. The molecule has 2 N–H and O–H groups in total. The molecule has 8 heteroatoms. The number of hydrogen-bond donors (Lipinski definition) is 2. The first-order chi connectivity index (χ1) is 14.7. The second-order valence-corrected chi connectivity index (χ2v) is 8.19. The summed E-state index contributed by atoms with van der Waals surface area (Å²) >= 11 is 0. The van der Waals surface area contributed by atoms with Gasteiger partial charge in [0.2, 0.25) is 0 Å². The molecule has 1 aliphatic heterocycles. The molecule has 31 heavy (non-hydrogen) atoms. The van der Waals surface area contributed by atoms with Gasteiger partial charge in [-0.3, -0.25) is 4.90 Å². The van der Waals surface area contributed by atoms with Crippen LogP contribution in [0.2, 0.25) is 0 Å². The fourth-order valence-corrected chi connectivity index (χ4v) is 3.77. The summed E-state index contributed by atoms with van der Waals surface area (Å²) in [5.74, 6) is 2.74. The third-order valence-electron chi connectivity index (χ3n) is 5.73. The van der Waals surface area contributed by atoms with Crippen molar-refractivity contribution in [3.8, 4) is 0 Å². The number of piperidine rings is 1. The molecule has 172 valence electrons. The van der Waals surface area contributed by atoms with Crippen molar-refractivity contribution in [2.45, 2.75) is 59.7 Å². The fraction of sp³-hybridized carbons (Fsp3) is 0.609. The molecule has 7 nitrogen and oxygen atoms in total. The molecular weight excluding hydrogens is 501 g/mol. The average molecular weight is 540 g/mol. The van der Waals surface area contributed by atoms with E-state index in [0.29, 0.717) is 6.54 Å². The predicted molar refractivity (Wildman–Crippen MR) is 138 cm³/mol. The van der Waals surface area contributed by atoms with Crippen LogP contribution in [0.4, 0.5) is 0 Å². The van der Waals surface area contributed by atoms with Crippen LogP contribution in [0.15, 0.2) is 35.6 Å². The predicted octanol–water partition coefficient (Wildman–Crippen LogP) is 3.45. The van der Waals surface area contributed by atoms with Crippen molar-refractivity contribution in [2.75, 3.05) is 26.2 Å². The molecule has 1 saturated heterocycles. The molecule has 0 radical (unpaired) electrons. The number of aliphatic imine (C=N–C) groups is 1. The number of benzene rings is 1. The molecule has 0 saturated carbocycles. The van der Waals surface area contributed by atoms with Gasteiger partial charge in [0.25, 0.3) is 0 Å². The van der Waals surface area contributed by atoms with Crippen LogP contribution in [-0.4, -0.2) is 51.8 Å². The lowest BCUT2D eigenvalue weighted by Crippen LogP contribution is -2.38. The summed E-state index contributed by atoms with van der Waals surface area (Å²) in [7, 11) is 0. The summed E-state index contributed by atoms with van der Waals surface area (Å²) in [5, 5.41) is 14.8. The molecule has 1 aromatic heterocycles. The molecule has 0 unspecified atom stereocenters. The second kappa shape index (κ2) is 13.7. The van der Waals surface area contributed by atoms with Gasteiger partial charge in [0.15, 0.2) is 5.96 Å². The van der Waals surface area contributed by atoms with Gasteiger partial charge in [0, 0.05) is 32.6 Å². The maximum Gasteiger partial charge on any atom is 0.191 e. The van der Waals surface area contributed by atoms with Crippen LogP contribution in [0.3, 0.4) is 0 Å². The smallest absolute Gasteiger partial charge is 0.191 e. The standard InChI is InChI=1S/C23H37N7.HI/c1-4-22-28-27-18-30(22)15-12-25-23(24-5-2)26-16-20-6-8-21(9-7-20)17-29-13-10-19(3)11-14-29;/h6-9,18-19H,4-5,10-17H2,1-3H3,(H2,24,25,26);1H. The van der Waals surface area contributed by atoms with Crippen molar-refractivity contribution in [3.05, 3.63) is 47.5 Å². The zero-order valence-corrected chi connectivity index (χ0v) is 21.5. The van der Waals surface area contributed by atoms with Crippen molar-refractivity contribution in [3.63, 3.8) is 0 Å². The minimum atomic E-state index is 0. The number of guanidine groups is 1. The van der Waals surface area contributed by atoms with Gasteiger partial charge in [0.05, 0.1) is 6.54 Å². The van der Waals surface area contributed by atoms with E-state index in [0.717, 1.165) is 50.3 Å². The highest BCUT2D eigenvalue weighted by Crippen LogP contribution is 2.18. The van der Waals surface area contributed by atoms with Gasteiger partial charge in [-0.2, -0.15) is 0 Å². The van der Waals surface area contributed by atoms with E-state index in [4.69, 9.17) is 4.99 Å². The number of nitrogens with zero attached hydrogens (tertiary/aromatic N) is 5. The second-order valence-electron chi connectivity index (χ2n) is 8.19. The van der Waals surface area contributed by atoms with Crippen molar-refractivity contribution < 1.29 is 0 Å². The quantitative estimate of drug-likeness (QED) is 0.290. The van der Waals surface area contributed by atoms with Gasteiger partial charge < -0.3 is 15.2 Å². The van der Waals surface area contributed by atoms with Crippen molar-refractivity contribution in [1.82, 2.24) is 30.3 Å². The molecule has 1 aromatic carbocycles. The SMILES string of the molecule is CCNC(=NCc1ccc(CN2CCC(C)CC2)cc1)NCCn1cnnc1CC.I. The van der Waals surface area contributed by atoms with E-state index in [2.05, 4.69) is 75.3 Å². The Hall–Kier alpha value is -1.68. The number of aromatic nitrogens is 3. The average Bonchev–Trinajstić information content (AvgIpc) is 3.22. The van der Waals surface area contributed by atoms with E-state index in [-0.39, 0.29) is 24.0 Å². The first-order valence-corrected chi connectivity index (χ1v) is 11.4. The number of aryl methyl sites for hydroxylation is 1. The molecule has 2 heterocycles. The number of rotatable bonds is 9. The van der Waals surface area contributed by atoms with Gasteiger partial charge in [-0.15, -0.1) is 34.2 Å². The zero-order valence-electron chi connectivity index (χ0n) is 19.2. The highest BCUT2D eigenvalue weighted by Gasteiger charge is 2.15. The minimum absolute atomic E-state index is 0. The monoisotopic (exact) mass is 539 g/mol. The van der Waals surface area contributed by atoms with E-state index in [1.165, 1.54) is 37.1 Å². The van der Waals surface area contributed by atoms with Gasteiger partial charge in [-0.1, -0.05) is 38.1 Å². The van der Waals surface area contributed by atoms with E-state index in [9.17, 15) is 0 Å². The van der Waals surface area contributed by atoms with Crippen molar-refractivity contribution >= 4 is 29.9 Å². The van der Waals surface area contributed by atoms with Gasteiger partial charge in [-0.05, 0) is 49.9 Å². The summed E-state index contributed by atoms with van der Waals surface area (Å²) in [6.07, 6.45) is 5.33. The van der Waals surface area contributed by atoms with E-state index in [1.54, 1.807) is 6.33 Å². The topological polar surface area (TPSA) is 70.4 Å². The Balaban J connectivity index is 0.00000341. The number of hydrogen-bond acceptors (Lipinski definition) is 4. The number of halogens is 1. The number of likely N-dealkylation sites (tertiary alicyclic amines) is 1. The first kappa shape index (κ1) is 25.6. The highest BCUT2D eigenvalue weighted by molar-refractivity contribution is 14.0. The third-order valence-corrected chi connectivity index (χ3v) is 5.73. The molecule has 1 fully saturated rings. The first-order valence-electron chi connectivity index (χ1n) is 11.4. The molecule has 1 aliphatic rings. The van der Waals surface area contributed by atoms with Crippen LogP contribution in [-0.2, 0) is 26.1 Å². The van der Waals surface area contributed by atoms with Crippen LogP contribution in [0.1, 0.15) is 50.6 Å². The Bertz CT molecular complexity index is 779. The van der Waals surface area contributed by atoms with Crippen LogP contribution in [0.25, 0.3) is 0 Å². The summed E-state index contributed by atoms with van der Waals surface area (Å²) in [5.41, 5.74) is 2.62. The van der Waals surface area contributed by atoms with Gasteiger partial charge in [0.1, 0.15) is 12.2 Å². The fourth-order valence-electron chi connectivity index (χ4n) is 3.77. The Kier molecular flexibility index (Phi) is 11.3. The van der Waals surface area contributed by atoms with Gasteiger partial charge >= 0.3 is 0 Å². The minimum Gasteiger partial charge on any atom is -0.357 e. The molecule has 0 amide bonds. The normalized spacial score (nSPS) is 15.5. The van der Waals surface area contributed by atoms with Crippen molar-refractivity contribution in [1.29, 1.82) is 0 Å². The Labute approximate surface area is 204 Å². The lowest BCUT2D eigenvalue weighted by molar-refractivity contribution is 0.185. The molecular formula is C23H38IN7. The van der Waals surface area contributed by atoms with Crippen LogP contribution >= 0.6 is 24.0 Å². The van der Waals surface area contributed by atoms with Gasteiger partial charge in [-0.25, -0.2) is 4.99 Å². The Morgan fingerprint density at radius 1 is 1.10 bits per heavy atom. The van der Waals surface area contributed by atoms with Crippen LogP contribution in [0, 0.1) is 5.92 Å². The Morgan fingerprint density at radius 3 is 2.48 bits per heavy atom. The van der Waals surface area contributed by atoms with E-state index in [1.807, 2.05) is 0 Å². The van der Waals surface area contributed by atoms with Crippen LogP contribution < -0.4 is 10.6 Å². The lowest BCUT2D eigenvalue weighted by Gasteiger charge is -2.30. The molecule has 3 rings (SSSR count). The molecule has 0 spiro atoms. The maximum absolute atomic E-state index is 4.74. The maximum atomic E-state index is 4.74. The largest absolute Gasteiger partial charge is 0.357 e. The molecule has 2 aromatic rings. The summed E-state index contributed by atoms with van der Waals surface area (Å²) < 4.78 is 2.08. The third kappa shape index (κ3) is 8.40. The molecule has 0 bridgehead atoms. The lowest BCUT2D eigenvalue weighted by atomic mass is 9.99. The molecule has 0 atom stereocenters.